The summed E-state index contributed by atoms with van der Waals surface area (Å²) in [6.45, 7) is 0.131. The maximum atomic E-state index is 13.7. The van der Waals surface area contributed by atoms with Crippen molar-refractivity contribution in [2.75, 3.05) is 18.5 Å². The van der Waals surface area contributed by atoms with Crippen molar-refractivity contribution < 1.29 is 33.0 Å². The molecule has 0 radical (unpaired) electrons. The van der Waals surface area contributed by atoms with E-state index < -0.39 is 30.8 Å². The van der Waals surface area contributed by atoms with Gasteiger partial charge in [-0.3, -0.25) is 9.59 Å². The number of nitrogens with two attached hydrogens (primary N) is 1. The smallest absolute Gasteiger partial charge is 0.371 e. The first-order valence-electron chi connectivity index (χ1n) is 13.7. The van der Waals surface area contributed by atoms with Gasteiger partial charge in [0.25, 0.3) is 0 Å². The number of carboxylic acid groups (broad SMARTS) is 1. The van der Waals surface area contributed by atoms with E-state index in [2.05, 4.69) is 5.32 Å². The van der Waals surface area contributed by atoms with Gasteiger partial charge in [0.1, 0.15) is 18.3 Å². The van der Waals surface area contributed by atoms with Crippen molar-refractivity contribution in [2.24, 2.45) is 17.6 Å². The molecule has 1 aliphatic carbocycles. The molecule has 0 spiro atoms. The number of aromatic carboxylic acids is 1. The van der Waals surface area contributed by atoms with Crippen LogP contribution in [0.5, 0.6) is 0 Å². The highest BCUT2D eigenvalue weighted by Gasteiger charge is 2.45. The predicted molar refractivity (Wildman–Crippen MR) is 146 cm³/mol. The highest BCUT2D eigenvalue weighted by atomic mass is 19.1. The third-order valence-electron chi connectivity index (χ3n) is 8.10. The topological polar surface area (TPSA) is 135 Å². The van der Waals surface area contributed by atoms with Crippen LogP contribution in [0.4, 0.5) is 10.1 Å². The number of alkyl halides is 1. The van der Waals surface area contributed by atoms with E-state index in [9.17, 15) is 23.9 Å². The van der Waals surface area contributed by atoms with Gasteiger partial charge in [-0.25, -0.2) is 9.18 Å². The summed E-state index contributed by atoms with van der Waals surface area (Å²) in [5, 5.41) is 12.6. The van der Waals surface area contributed by atoms with Crippen molar-refractivity contribution in [3.8, 4) is 0 Å². The molecule has 5 rings (SSSR count). The number of furan rings is 1. The standard InChI is InChI=1S/C30H34FN3O6/c31-16-23(32)19-6-8-20(9-7-19)29(36)34-13-12-25(39-17-18-4-2-1-3-5-18)27(34)28(35)33-22-10-11-24-21(14-22)15-26(40-24)30(37)38/h1-5,10-11,14-15,19-20,23,25,27H,6-9,12-13,16-17,32H2,(H,33,35)(H,37,38)/t19-,20-,23-,25-,27+/m1/s1. The number of halogens is 1. The summed E-state index contributed by atoms with van der Waals surface area (Å²) in [6, 6.07) is 14.6. The van der Waals surface area contributed by atoms with E-state index in [1.807, 2.05) is 30.3 Å². The first-order chi connectivity index (χ1) is 19.3. The molecule has 2 fully saturated rings. The lowest BCUT2D eigenvalue weighted by atomic mass is 9.78. The van der Waals surface area contributed by atoms with E-state index in [0.717, 1.165) is 5.56 Å². The molecule has 2 amide bonds. The number of fused-ring (bicyclic) bond motifs is 1. The van der Waals surface area contributed by atoms with Crippen LogP contribution in [0.15, 0.2) is 59.0 Å². The van der Waals surface area contributed by atoms with Crippen molar-refractivity contribution in [3.05, 3.63) is 65.9 Å². The third-order valence-corrected chi connectivity index (χ3v) is 8.10. The SMILES string of the molecule is N[C@H](CF)[C@H]1CC[C@H](C(=O)N2CC[C@@H](OCc3ccccc3)[C@H]2C(=O)Nc2ccc3oc(C(=O)O)cc3c2)CC1. The normalized spacial score (nSPS) is 23.7. The maximum Gasteiger partial charge on any atom is 0.371 e. The Labute approximate surface area is 231 Å². The molecular formula is C30H34FN3O6. The van der Waals surface area contributed by atoms with Gasteiger partial charge in [-0.05, 0) is 67.9 Å². The summed E-state index contributed by atoms with van der Waals surface area (Å²) >= 11 is 0. The Kier molecular flexibility index (Phi) is 8.46. The number of anilines is 1. The molecule has 2 aliphatic rings. The fraction of sp³-hybridized carbons (Fsp3) is 0.433. The van der Waals surface area contributed by atoms with Gasteiger partial charge in [0.15, 0.2) is 0 Å². The van der Waals surface area contributed by atoms with E-state index in [1.165, 1.54) is 6.07 Å². The van der Waals surface area contributed by atoms with E-state index >= 15 is 0 Å². The van der Waals surface area contributed by atoms with Gasteiger partial charge in [0.05, 0.1) is 12.7 Å². The number of nitrogens with one attached hydrogen (secondary N) is 1. The molecule has 1 saturated carbocycles. The average molecular weight is 552 g/mol. The van der Waals surface area contributed by atoms with Gasteiger partial charge in [-0.15, -0.1) is 0 Å². The Morgan fingerprint density at radius 2 is 1.82 bits per heavy atom. The Morgan fingerprint density at radius 1 is 1.07 bits per heavy atom. The molecule has 10 heteroatoms. The number of benzene rings is 2. The number of ether oxygens (including phenoxy) is 1. The van der Waals surface area contributed by atoms with Gasteiger partial charge in [0.2, 0.25) is 17.6 Å². The van der Waals surface area contributed by atoms with Crippen LogP contribution < -0.4 is 11.1 Å². The lowest BCUT2D eigenvalue weighted by Crippen LogP contribution is -2.50. The molecule has 0 bridgehead atoms. The number of hydrogen-bond acceptors (Lipinski definition) is 6. The summed E-state index contributed by atoms with van der Waals surface area (Å²) in [6.07, 6.45) is 2.60. The molecule has 1 aliphatic heterocycles. The van der Waals surface area contributed by atoms with Crippen LogP contribution in [-0.4, -0.2) is 59.2 Å². The number of amides is 2. The van der Waals surface area contributed by atoms with Gasteiger partial charge in [-0.2, -0.15) is 0 Å². The monoisotopic (exact) mass is 551 g/mol. The molecule has 1 aromatic heterocycles. The minimum absolute atomic E-state index is 0.0631. The average Bonchev–Trinajstić information content (AvgIpc) is 3.60. The largest absolute Gasteiger partial charge is 0.475 e. The molecule has 212 valence electrons. The number of rotatable bonds is 9. The van der Waals surface area contributed by atoms with Crippen LogP contribution in [0.3, 0.4) is 0 Å². The highest BCUT2D eigenvalue weighted by molar-refractivity contribution is 6.00. The lowest BCUT2D eigenvalue weighted by Gasteiger charge is -2.34. The zero-order valence-corrected chi connectivity index (χ0v) is 22.1. The minimum Gasteiger partial charge on any atom is -0.475 e. The van der Waals surface area contributed by atoms with Crippen molar-refractivity contribution in [1.82, 2.24) is 4.90 Å². The number of nitrogens with zero attached hydrogens (tertiary/aromatic N) is 1. The van der Waals surface area contributed by atoms with Crippen molar-refractivity contribution in [2.45, 2.75) is 56.9 Å². The van der Waals surface area contributed by atoms with E-state index in [0.29, 0.717) is 61.9 Å². The van der Waals surface area contributed by atoms with Crippen LogP contribution in [0.2, 0.25) is 0 Å². The second kappa shape index (κ2) is 12.2. The lowest BCUT2D eigenvalue weighted by molar-refractivity contribution is -0.144. The third kappa shape index (κ3) is 6.03. The predicted octanol–water partition coefficient (Wildman–Crippen LogP) is 4.36. The van der Waals surface area contributed by atoms with Crippen LogP contribution >= 0.6 is 0 Å². The number of carbonyl (C=O) groups is 3. The van der Waals surface area contributed by atoms with Crippen molar-refractivity contribution in [3.63, 3.8) is 0 Å². The van der Waals surface area contributed by atoms with Crippen LogP contribution in [-0.2, 0) is 20.9 Å². The van der Waals surface area contributed by atoms with E-state index in [1.54, 1.807) is 23.1 Å². The van der Waals surface area contributed by atoms with Crippen LogP contribution in [0, 0.1) is 11.8 Å². The molecule has 3 aromatic rings. The fourth-order valence-electron chi connectivity index (χ4n) is 5.87. The summed E-state index contributed by atoms with van der Waals surface area (Å²) in [7, 11) is 0. The second-order valence-electron chi connectivity index (χ2n) is 10.7. The maximum absolute atomic E-state index is 13.7. The first kappa shape index (κ1) is 27.8. The molecule has 4 N–H and O–H groups in total. The van der Waals surface area contributed by atoms with Crippen LogP contribution in [0.25, 0.3) is 11.0 Å². The van der Waals surface area contributed by atoms with Gasteiger partial charge < -0.3 is 30.2 Å². The molecular weight excluding hydrogens is 517 g/mol. The molecule has 40 heavy (non-hydrogen) atoms. The Morgan fingerprint density at radius 3 is 2.52 bits per heavy atom. The van der Waals surface area contributed by atoms with E-state index in [-0.39, 0.29) is 29.4 Å². The second-order valence-corrected chi connectivity index (χ2v) is 10.7. The summed E-state index contributed by atoms with van der Waals surface area (Å²) in [5.41, 5.74) is 7.71. The zero-order valence-electron chi connectivity index (χ0n) is 22.1. The molecule has 9 nitrogen and oxygen atoms in total. The molecule has 2 heterocycles. The fourth-order valence-corrected chi connectivity index (χ4v) is 5.87. The summed E-state index contributed by atoms with van der Waals surface area (Å²) in [5.74, 6) is -2.02. The zero-order chi connectivity index (χ0) is 28.2. The minimum atomic E-state index is -1.18. The van der Waals surface area contributed by atoms with E-state index in [4.69, 9.17) is 14.9 Å². The Balaban J connectivity index is 1.33. The quantitative estimate of drug-likeness (QED) is 0.360. The Bertz CT molecular complexity index is 1350. The number of hydrogen-bond donors (Lipinski definition) is 3. The number of likely N-dealkylation sites (tertiary alicyclic amines) is 1. The molecule has 1 saturated heterocycles. The summed E-state index contributed by atoms with van der Waals surface area (Å²) < 4.78 is 24.6. The first-order valence-corrected chi connectivity index (χ1v) is 13.7. The molecule has 3 atom stereocenters. The van der Waals surface area contributed by atoms with Gasteiger partial charge in [-0.1, -0.05) is 30.3 Å². The van der Waals surface area contributed by atoms with Crippen LogP contribution in [0.1, 0.15) is 48.2 Å². The van der Waals surface area contributed by atoms with Crippen molar-refractivity contribution >= 4 is 34.4 Å². The van der Waals surface area contributed by atoms with Gasteiger partial charge >= 0.3 is 5.97 Å². The number of carbonyl (C=O) groups excluding carboxylic acids is 2. The highest BCUT2D eigenvalue weighted by Crippen LogP contribution is 2.34. The number of carboxylic acids is 1. The molecule has 2 aromatic carbocycles. The van der Waals surface area contributed by atoms with Gasteiger partial charge in [0, 0.05) is 29.6 Å². The molecule has 0 unspecified atom stereocenters. The summed E-state index contributed by atoms with van der Waals surface area (Å²) in [4.78, 5) is 40.3. The Hall–Kier alpha value is -3.76. The van der Waals surface area contributed by atoms with Crippen molar-refractivity contribution in [1.29, 1.82) is 0 Å².